The van der Waals surface area contributed by atoms with Gasteiger partial charge in [0.15, 0.2) is 5.82 Å². The van der Waals surface area contributed by atoms with Crippen molar-refractivity contribution in [2.24, 2.45) is 0 Å². The number of nitrogens with one attached hydrogen (secondary N) is 1. The zero-order chi connectivity index (χ0) is 21.2. The SMILES string of the molecule is Cc1nc2ccccn2c1C(=O)Nc1ccc(Oc2ccc(-n3ccnc3)nn2)cc1. The molecule has 0 aliphatic heterocycles. The summed E-state index contributed by atoms with van der Waals surface area (Å²) in [5.41, 5.74) is 2.55. The predicted molar refractivity (Wildman–Crippen MR) is 114 cm³/mol. The van der Waals surface area contributed by atoms with Crippen LogP contribution in [0.5, 0.6) is 11.6 Å². The van der Waals surface area contributed by atoms with Crippen molar-refractivity contribution in [3.63, 3.8) is 0 Å². The second-order valence-corrected chi connectivity index (χ2v) is 6.75. The molecule has 0 saturated heterocycles. The molecule has 0 aliphatic rings. The summed E-state index contributed by atoms with van der Waals surface area (Å²) in [5, 5.41) is 11.1. The Kier molecular flexibility index (Phi) is 4.60. The third-order valence-electron chi connectivity index (χ3n) is 4.65. The van der Waals surface area contributed by atoms with Gasteiger partial charge in [0, 0.05) is 30.3 Å². The third kappa shape index (κ3) is 3.71. The lowest BCUT2D eigenvalue weighted by Crippen LogP contribution is -2.15. The minimum absolute atomic E-state index is 0.231. The van der Waals surface area contributed by atoms with Gasteiger partial charge in [0.25, 0.3) is 5.91 Å². The van der Waals surface area contributed by atoms with E-state index in [1.54, 1.807) is 64.1 Å². The van der Waals surface area contributed by atoms with Crippen LogP contribution < -0.4 is 10.1 Å². The highest BCUT2D eigenvalue weighted by molar-refractivity contribution is 6.04. The standard InChI is InChI=1S/C22H17N7O2/c1-15-21(29-12-3-2-4-18(29)24-15)22(30)25-16-5-7-17(8-6-16)31-20-10-9-19(26-27-20)28-13-11-23-14-28/h2-14H,1H3,(H,25,30). The van der Waals surface area contributed by atoms with E-state index in [1.165, 1.54) is 0 Å². The molecule has 0 bridgehead atoms. The summed E-state index contributed by atoms with van der Waals surface area (Å²) in [6.07, 6.45) is 6.92. The topological polar surface area (TPSA) is 99.2 Å². The number of nitrogens with zero attached hydrogens (tertiary/aromatic N) is 6. The number of amides is 1. The largest absolute Gasteiger partial charge is 0.438 e. The summed E-state index contributed by atoms with van der Waals surface area (Å²) in [7, 11) is 0. The summed E-state index contributed by atoms with van der Waals surface area (Å²) < 4.78 is 9.26. The van der Waals surface area contributed by atoms with Crippen LogP contribution in [0, 0.1) is 6.92 Å². The summed E-state index contributed by atoms with van der Waals surface area (Å²) in [5.74, 6) is 1.35. The Morgan fingerprint density at radius 2 is 1.87 bits per heavy atom. The lowest BCUT2D eigenvalue weighted by Gasteiger charge is -2.08. The van der Waals surface area contributed by atoms with Gasteiger partial charge in [-0.2, -0.15) is 0 Å². The van der Waals surface area contributed by atoms with E-state index in [0.29, 0.717) is 34.5 Å². The number of aryl methyl sites for hydroxylation is 1. The molecule has 1 amide bonds. The molecule has 5 rings (SSSR count). The summed E-state index contributed by atoms with van der Waals surface area (Å²) in [6, 6.07) is 16.2. The molecular weight excluding hydrogens is 394 g/mol. The van der Waals surface area contributed by atoms with Crippen LogP contribution >= 0.6 is 0 Å². The quantitative estimate of drug-likeness (QED) is 0.474. The second kappa shape index (κ2) is 7.71. The lowest BCUT2D eigenvalue weighted by molar-refractivity contribution is 0.102. The highest BCUT2D eigenvalue weighted by Crippen LogP contribution is 2.22. The molecular formula is C22H17N7O2. The van der Waals surface area contributed by atoms with E-state index in [4.69, 9.17) is 4.74 Å². The van der Waals surface area contributed by atoms with E-state index in [2.05, 4.69) is 25.5 Å². The molecule has 4 aromatic heterocycles. The minimum Gasteiger partial charge on any atom is -0.438 e. The van der Waals surface area contributed by atoms with Crippen molar-refractivity contribution in [1.82, 2.24) is 29.1 Å². The molecule has 0 unspecified atom stereocenters. The number of benzene rings is 1. The van der Waals surface area contributed by atoms with E-state index in [-0.39, 0.29) is 5.91 Å². The Labute approximate surface area is 177 Å². The van der Waals surface area contributed by atoms with Crippen molar-refractivity contribution in [2.75, 3.05) is 5.32 Å². The molecule has 1 aromatic carbocycles. The molecule has 152 valence electrons. The Morgan fingerprint density at radius 3 is 2.61 bits per heavy atom. The van der Waals surface area contributed by atoms with Crippen molar-refractivity contribution in [1.29, 1.82) is 0 Å². The Bertz CT molecular complexity index is 1340. The zero-order valence-corrected chi connectivity index (χ0v) is 16.5. The highest BCUT2D eigenvalue weighted by Gasteiger charge is 2.16. The maximum atomic E-state index is 12.8. The molecule has 0 radical (unpaired) electrons. The molecule has 1 N–H and O–H groups in total. The van der Waals surface area contributed by atoms with Gasteiger partial charge in [-0.25, -0.2) is 9.97 Å². The lowest BCUT2D eigenvalue weighted by atomic mass is 10.2. The Balaban J connectivity index is 1.28. The molecule has 0 saturated carbocycles. The molecule has 0 atom stereocenters. The van der Waals surface area contributed by atoms with Gasteiger partial charge < -0.3 is 10.1 Å². The molecule has 0 fully saturated rings. The fourth-order valence-electron chi connectivity index (χ4n) is 3.20. The normalized spacial score (nSPS) is 10.9. The third-order valence-corrected chi connectivity index (χ3v) is 4.65. The van der Waals surface area contributed by atoms with Gasteiger partial charge in [-0.1, -0.05) is 6.07 Å². The van der Waals surface area contributed by atoms with E-state index in [1.807, 2.05) is 31.3 Å². The maximum Gasteiger partial charge on any atom is 0.274 e. The van der Waals surface area contributed by atoms with Crippen LogP contribution in [0.15, 0.2) is 79.5 Å². The smallest absolute Gasteiger partial charge is 0.274 e. The number of hydrogen-bond acceptors (Lipinski definition) is 6. The molecule has 9 nitrogen and oxygen atoms in total. The van der Waals surface area contributed by atoms with E-state index in [0.717, 1.165) is 5.65 Å². The van der Waals surface area contributed by atoms with Crippen LogP contribution in [0.2, 0.25) is 0 Å². The van der Waals surface area contributed by atoms with Gasteiger partial charge in [0.05, 0.1) is 5.69 Å². The summed E-state index contributed by atoms with van der Waals surface area (Å²) in [6.45, 7) is 1.82. The van der Waals surface area contributed by atoms with Crippen LogP contribution in [0.4, 0.5) is 5.69 Å². The van der Waals surface area contributed by atoms with Crippen LogP contribution in [0.3, 0.4) is 0 Å². The number of anilines is 1. The number of hydrogen-bond donors (Lipinski definition) is 1. The molecule has 4 heterocycles. The number of pyridine rings is 1. The van der Waals surface area contributed by atoms with Crippen molar-refractivity contribution in [3.05, 3.63) is 90.9 Å². The van der Waals surface area contributed by atoms with E-state index >= 15 is 0 Å². The molecule has 31 heavy (non-hydrogen) atoms. The van der Waals surface area contributed by atoms with Crippen molar-refractivity contribution in [2.45, 2.75) is 6.92 Å². The Morgan fingerprint density at radius 1 is 1.00 bits per heavy atom. The Hall–Kier alpha value is -4.53. The number of carbonyl (C=O) groups excluding carboxylic acids is 1. The van der Waals surface area contributed by atoms with Gasteiger partial charge in [-0.05, 0) is 49.4 Å². The second-order valence-electron chi connectivity index (χ2n) is 6.75. The number of ether oxygens (including phenoxy) is 1. The first-order chi connectivity index (χ1) is 15.2. The molecule has 9 heteroatoms. The van der Waals surface area contributed by atoms with Crippen molar-refractivity contribution < 1.29 is 9.53 Å². The number of fused-ring (bicyclic) bond motifs is 1. The van der Waals surface area contributed by atoms with Gasteiger partial charge >= 0.3 is 0 Å². The predicted octanol–water partition coefficient (Wildman–Crippen LogP) is 3.66. The van der Waals surface area contributed by atoms with Crippen LogP contribution in [-0.2, 0) is 0 Å². The summed E-state index contributed by atoms with van der Waals surface area (Å²) >= 11 is 0. The van der Waals surface area contributed by atoms with Crippen molar-refractivity contribution in [3.8, 4) is 17.4 Å². The summed E-state index contributed by atoms with van der Waals surface area (Å²) in [4.78, 5) is 21.2. The number of aromatic nitrogens is 6. The van der Waals surface area contributed by atoms with E-state index in [9.17, 15) is 4.79 Å². The monoisotopic (exact) mass is 411 g/mol. The van der Waals surface area contributed by atoms with Gasteiger partial charge in [0.2, 0.25) is 5.88 Å². The fraction of sp³-hybridized carbons (Fsp3) is 0.0455. The minimum atomic E-state index is -0.231. The molecule has 0 spiro atoms. The average molecular weight is 411 g/mol. The number of carbonyl (C=O) groups is 1. The first-order valence-corrected chi connectivity index (χ1v) is 9.52. The number of imidazole rings is 2. The van der Waals surface area contributed by atoms with E-state index < -0.39 is 0 Å². The van der Waals surface area contributed by atoms with Crippen LogP contribution in [-0.4, -0.2) is 35.0 Å². The molecule has 5 aromatic rings. The van der Waals surface area contributed by atoms with Crippen molar-refractivity contribution >= 4 is 17.2 Å². The van der Waals surface area contributed by atoms with Gasteiger partial charge in [0.1, 0.15) is 23.4 Å². The average Bonchev–Trinajstić information content (AvgIpc) is 3.43. The first-order valence-electron chi connectivity index (χ1n) is 9.52. The fourth-order valence-corrected chi connectivity index (χ4v) is 3.20. The molecule has 0 aliphatic carbocycles. The van der Waals surface area contributed by atoms with Crippen LogP contribution in [0.1, 0.15) is 16.2 Å². The zero-order valence-electron chi connectivity index (χ0n) is 16.5. The first kappa shape index (κ1) is 18.5. The van der Waals surface area contributed by atoms with Gasteiger partial charge in [-0.3, -0.25) is 13.8 Å². The van der Waals surface area contributed by atoms with Crippen LogP contribution in [0.25, 0.3) is 11.5 Å². The number of rotatable bonds is 5. The van der Waals surface area contributed by atoms with Gasteiger partial charge in [-0.15, -0.1) is 10.2 Å². The highest BCUT2D eigenvalue weighted by atomic mass is 16.5. The maximum absolute atomic E-state index is 12.8.